The topological polar surface area (TPSA) is 12.9 Å². The summed E-state index contributed by atoms with van der Waals surface area (Å²) in [5.41, 5.74) is 3.78. The van der Waals surface area contributed by atoms with E-state index in [2.05, 4.69) is 68.5 Å². The fraction of sp³-hybridized carbons (Fsp3) is 0.312. The van der Waals surface area contributed by atoms with Gasteiger partial charge in [0.1, 0.15) is 0 Å². The molecule has 2 aromatic rings. The van der Waals surface area contributed by atoms with Crippen LogP contribution in [0.1, 0.15) is 25.3 Å². The number of nitrogens with zero attached hydrogens (tertiary/aromatic N) is 1. The van der Waals surface area contributed by atoms with Crippen LogP contribution in [0.25, 0.3) is 11.3 Å². The Morgan fingerprint density at radius 2 is 1.72 bits per heavy atom. The first-order valence-corrected chi connectivity index (χ1v) is 9.53. The van der Waals surface area contributed by atoms with E-state index in [0.717, 1.165) is 5.69 Å². The van der Waals surface area contributed by atoms with E-state index in [1.165, 1.54) is 16.3 Å². The second-order valence-corrected chi connectivity index (χ2v) is 8.31. The van der Waals surface area contributed by atoms with Crippen LogP contribution in [0.2, 0.25) is 13.1 Å². The third kappa shape index (κ3) is 2.70. The molecule has 2 heteroatoms. The van der Waals surface area contributed by atoms with Crippen molar-refractivity contribution < 1.29 is 0 Å². The molecule has 1 aromatic heterocycles. The van der Waals surface area contributed by atoms with Gasteiger partial charge >= 0.3 is 0 Å². The van der Waals surface area contributed by atoms with Gasteiger partial charge in [-0.05, 0) is 22.7 Å². The zero-order chi connectivity index (χ0) is 13.1. The maximum atomic E-state index is 4.65. The predicted molar refractivity (Wildman–Crippen MR) is 82.3 cm³/mol. The lowest BCUT2D eigenvalue weighted by molar-refractivity contribution is 0.870. The van der Waals surface area contributed by atoms with E-state index in [1.54, 1.807) is 0 Å². The van der Waals surface area contributed by atoms with Gasteiger partial charge in [-0.2, -0.15) is 0 Å². The molecule has 0 saturated carbocycles. The van der Waals surface area contributed by atoms with Crippen molar-refractivity contribution in [1.82, 2.24) is 4.98 Å². The Bertz CT molecular complexity index is 518. The summed E-state index contributed by atoms with van der Waals surface area (Å²) in [5.74, 6) is 0.570. The molecular formula is C16H21NSi. The van der Waals surface area contributed by atoms with Crippen molar-refractivity contribution in [2.45, 2.75) is 32.9 Å². The van der Waals surface area contributed by atoms with Crippen molar-refractivity contribution in [2.24, 2.45) is 0 Å². The van der Waals surface area contributed by atoms with Gasteiger partial charge < -0.3 is 0 Å². The summed E-state index contributed by atoms with van der Waals surface area (Å²) < 4.78 is 0. The molecule has 0 unspecified atom stereocenters. The molecule has 0 fully saturated rings. The minimum absolute atomic E-state index is 0.570. The molecule has 1 nitrogen and oxygen atoms in total. The van der Waals surface area contributed by atoms with Crippen molar-refractivity contribution in [1.29, 1.82) is 0 Å². The van der Waals surface area contributed by atoms with Gasteiger partial charge in [0, 0.05) is 11.8 Å². The quantitative estimate of drug-likeness (QED) is 0.764. The largest absolute Gasteiger partial charge is 0.256 e. The third-order valence-electron chi connectivity index (χ3n) is 3.28. The predicted octanol–water partition coefficient (Wildman–Crippen LogP) is 3.57. The van der Waals surface area contributed by atoms with Crippen LogP contribution in [-0.2, 0) is 0 Å². The van der Waals surface area contributed by atoms with E-state index in [9.17, 15) is 0 Å². The van der Waals surface area contributed by atoms with Crippen molar-refractivity contribution in [3.05, 3.63) is 48.2 Å². The summed E-state index contributed by atoms with van der Waals surface area (Å²) >= 11 is 0. The van der Waals surface area contributed by atoms with E-state index in [-0.39, 0.29) is 0 Å². The normalized spacial score (nSPS) is 11.2. The molecule has 2 rings (SSSR count). The molecule has 0 aliphatic carbocycles. The molecule has 0 atom stereocenters. The highest BCUT2D eigenvalue weighted by atomic mass is 28.3. The summed E-state index contributed by atoms with van der Waals surface area (Å²) in [4.78, 5) is 4.65. The number of hydrogen-bond donors (Lipinski definition) is 0. The van der Waals surface area contributed by atoms with Crippen molar-refractivity contribution in [2.75, 3.05) is 0 Å². The Morgan fingerprint density at radius 3 is 2.28 bits per heavy atom. The molecule has 0 saturated heterocycles. The first-order valence-electron chi connectivity index (χ1n) is 6.65. The van der Waals surface area contributed by atoms with E-state index in [0.29, 0.717) is 5.92 Å². The van der Waals surface area contributed by atoms with E-state index >= 15 is 0 Å². The van der Waals surface area contributed by atoms with Gasteiger partial charge in [-0.3, -0.25) is 4.98 Å². The highest BCUT2D eigenvalue weighted by Crippen LogP contribution is 2.20. The molecule has 0 aliphatic heterocycles. The molecule has 0 spiro atoms. The summed E-state index contributed by atoms with van der Waals surface area (Å²) in [6.45, 7) is 9.27. The Kier molecular flexibility index (Phi) is 3.97. The lowest BCUT2D eigenvalue weighted by Gasteiger charge is -2.16. The average molecular weight is 255 g/mol. The average Bonchev–Trinajstić information content (AvgIpc) is 2.39. The van der Waals surface area contributed by atoms with Crippen LogP contribution in [0.4, 0.5) is 0 Å². The molecule has 0 amide bonds. The van der Waals surface area contributed by atoms with E-state index < -0.39 is 8.80 Å². The highest BCUT2D eigenvalue weighted by Gasteiger charge is 2.12. The molecule has 0 radical (unpaired) electrons. The number of benzene rings is 1. The lowest BCUT2D eigenvalue weighted by atomic mass is 10.0. The Labute approximate surface area is 112 Å². The van der Waals surface area contributed by atoms with Gasteiger partial charge in [0.2, 0.25) is 0 Å². The zero-order valence-electron chi connectivity index (χ0n) is 11.6. The van der Waals surface area contributed by atoms with Crippen LogP contribution in [0.3, 0.4) is 0 Å². The minimum Gasteiger partial charge on any atom is -0.256 e. The minimum atomic E-state index is -0.801. The molecule has 0 bridgehead atoms. The second-order valence-electron chi connectivity index (χ2n) is 5.37. The number of hydrogen-bond acceptors (Lipinski definition) is 1. The van der Waals surface area contributed by atoms with Gasteiger partial charge in [0.15, 0.2) is 0 Å². The van der Waals surface area contributed by atoms with Gasteiger partial charge in [0.05, 0.1) is 14.5 Å². The van der Waals surface area contributed by atoms with Gasteiger partial charge in [-0.25, -0.2) is 0 Å². The summed E-state index contributed by atoms with van der Waals surface area (Å²) in [5, 5.41) is 1.50. The zero-order valence-corrected chi connectivity index (χ0v) is 12.8. The SMILES string of the molecule is CC(C)c1cc(-c2ccccc2)ncc1[SiH](C)C. The van der Waals surface area contributed by atoms with Crippen LogP contribution in [-0.4, -0.2) is 13.8 Å². The maximum absolute atomic E-state index is 4.65. The first-order chi connectivity index (χ1) is 8.59. The molecule has 1 aromatic carbocycles. The smallest absolute Gasteiger partial charge is 0.0704 e. The van der Waals surface area contributed by atoms with Crippen LogP contribution in [0, 0.1) is 0 Å². The Morgan fingerprint density at radius 1 is 1.06 bits per heavy atom. The molecular weight excluding hydrogens is 234 g/mol. The maximum Gasteiger partial charge on any atom is 0.0704 e. The number of pyridine rings is 1. The number of aromatic nitrogens is 1. The monoisotopic (exact) mass is 255 g/mol. The van der Waals surface area contributed by atoms with Crippen LogP contribution in [0.5, 0.6) is 0 Å². The fourth-order valence-corrected chi connectivity index (χ4v) is 3.69. The van der Waals surface area contributed by atoms with Crippen molar-refractivity contribution >= 4 is 14.0 Å². The van der Waals surface area contributed by atoms with Crippen LogP contribution in [0.15, 0.2) is 42.6 Å². The second kappa shape index (κ2) is 5.49. The van der Waals surface area contributed by atoms with Crippen LogP contribution >= 0.6 is 0 Å². The van der Waals surface area contributed by atoms with E-state index in [1.807, 2.05) is 6.07 Å². The Balaban J connectivity index is 2.50. The fourth-order valence-electron chi connectivity index (χ4n) is 2.23. The summed E-state index contributed by atoms with van der Waals surface area (Å²) in [7, 11) is -0.801. The summed E-state index contributed by atoms with van der Waals surface area (Å²) in [6, 6.07) is 12.7. The van der Waals surface area contributed by atoms with E-state index in [4.69, 9.17) is 0 Å². The molecule has 0 N–H and O–H groups in total. The first kappa shape index (κ1) is 13.0. The third-order valence-corrected chi connectivity index (χ3v) is 5.01. The molecule has 94 valence electrons. The standard InChI is InChI=1S/C16H21NSi/c1-12(2)14-10-15(13-8-6-5-7-9-13)17-11-16(14)18(3)4/h5-12,18H,1-4H3. The van der Waals surface area contributed by atoms with Gasteiger partial charge in [0.25, 0.3) is 0 Å². The Hall–Kier alpha value is -1.41. The highest BCUT2D eigenvalue weighted by molar-refractivity contribution is 6.71. The van der Waals surface area contributed by atoms with Crippen molar-refractivity contribution in [3.63, 3.8) is 0 Å². The van der Waals surface area contributed by atoms with Crippen molar-refractivity contribution in [3.8, 4) is 11.3 Å². The molecule has 1 heterocycles. The lowest BCUT2D eigenvalue weighted by Crippen LogP contribution is -2.28. The van der Waals surface area contributed by atoms with Crippen LogP contribution < -0.4 is 5.19 Å². The molecule has 0 aliphatic rings. The molecule has 18 heavy (non-hydrogen) atoms. The van der Waals surface area contributed by atoms with Gasteiger partial charge in [-0.15, -0.1) is 0 Å². The summed E-state index contributed by atoms with van der Waals surface area (Å²) in [6.07, 6.45) is 2.11. The number of rotatable bonds is 3. The van der Waals surface area contributed by atoms with Gasteiger partial charge in [-0.1, -0.05) is 57.3 Å².